The van der Waals surface area contributed by atoms with Crippen molar-refractivity contribution in [3.63, 3.8) is 0 Å². The summed E-state index contributed by atoms with van der Waals surface area (Å²) in [7, 11) is 0. The maximum atomic E-state index is 6.23. The van der Waals surface area contributed by atoms with Gasteiger partial charge in [-0.25, -0.2) is 4.98 Å². The lowest BCUT2D eigenvalue weighted by molar-refractivity contribution is 0.202. The molecule has 1 spiro atoms. The minimum Gasteiger partial charge on any atom is -0.368 e. The first-order valence-corrected chi connectivity index (χ1v) is 10.3. The molecular formula is C20H31N5. The fourth-order valence-electron chi connectivity index (χ4n) is 6.14. The van der Waals surface area contributed by atoms with E-state index in [0.29, 0.717) is 23.4 Å². The molecule has 0 bridgehead atoms. The van der Waals surface area contributed by atoms with Gasteiger partial charge in [0.15, 0.2) is 0 Å². The summed E-state index contributed by atoms with van der Waals surface area (Å²) in [6.07, 6.45) is 11.7. The Labute approximate surface area is 151 Å². The summed E-state index contributed by atoms with van der Waals surface area (Å²) in [6, 6.07) is 1.21. The highest BCUT2D eigenvalue weighted by Crippen LogP contribution is 2.50. The third-order valence-corrected chi connectivity index (χ3v) is 7.36. The maximum absolute atomic E-state index is 6.23. The second-order valence-corrected chi connectivity index (χ2v) is 8.87. The number of piperazine rings is 1. The number of fused-ring (bicyclic) bond motifs is 3. The Morgan fingerprint density at radius 1 is 1.04 bits per heavy atom. The second-order valence-electron chi connectivity index (χ2n) is 8.87. The van der Waals surface area contributed by atoms with Gasteiger partial charge in [-0.05, 0) is 58.4 Å². The first kappa shape index (κ1) is 15.9. The van der Waals surface area contributed by atoms with Crippen LogP contribution in [0.3, 0.4) is 0 Å². The van der Waals surface area contributed by atoms with E-state index in [0.717, 1.165) is 19.5 Å². The van der Waals surface area contributed by atoms with Gasteiger partial charge < -0.3 is 10.6 Å². The van der Waals surface area contributed by atoms with Gasteiger partial charge in [-0.2, -0.15) is 4.98 Å². The van der Waals surface area contributed by atoms with Gasteiger partial charge >= 0.3 is 0 Å². The average molecular weight is 342 g/mol. The van der Waals surface area contributed by atoms with Crippen LogP contribution in [0.1, 0.15) is 69.5 Å². The number of anilines is 2. The molecule has 1 aromatic rings. The lowest BCUT2D eigenvalue weighted by Gasteiger charge is -2.45. The van der Waals surface area contributed by atoms with Gasteiger partial charge in [0.25, 0.3) is 0 Å². The molecule has 2 aliphatic carbocycles. The second kappa shape index (κ2) is 5.83. The zero-order valence-corrected chi connectivity index (χ0v) is 15.5. The van der Waals surface area contributed by atoms with E-state index in [9.17, 15) is 0 Å². The summed E-state index contributed by atoms with van der Waals surface area (Å²) >= 11 is 0. The molecule has 2 aliphatic heterocycles. The molecule has 1 aromatic heterocycles. The molecule has 136 valence electrons. The van der Waals surface area contributed by atoms with Crippen molar-refractivity contribution in [2.75, 3.05) is 30.3 Å². The molecule has 0 amide bonds. The molecule has 2 N–H and O–H groups in total. The van der Waals surface area contributed by atoms with E-state index in [-0.39, 0.29) is 0 Å². The topological polar surface area (TPSA) is 58.3 Å². The van der Waals surface area contributed by atoms with Crippen LogP contribution in [0.25, 0.3) is 0 Å². The Hall–Kier alpha value is -1.36. The molecule has 2 saturated heterocycles. The molecule has 0 radical (unpaired) electrons. The number of rotatable bonds is 1. The number of nitrogens with two attached hydrogens (primary N) is 1. The number of hydrogen-bond acceptors (Lipinski definition) is 5. The van der Waals surface area contributed by atoms with Crippen LogP contribution in [-0.2, 0) is 11.8 Å². The Balaban J connectivity index is 1.57. The van der Waals surface area contributed by atoms with E-state index < -0.39 is 0 Å². The lowest BCUT2D eigenvalue weighted by atomic mass is 9.71. The van der Waals surface area contributed by atoms with E-state index >= 15 is 0 Å². The molecule has 25 heavy (non-hydrogen) atoms. The minimum absolute atomic E-state index is 0.303. The van der Waals surface area contributed by atoms with Crippen LogP contribution in [0.2, 0.25) is 0 Å². The van der Waals surface area contributed by atoms with Crippen molar-refractivity contribution in [3.05, 3.63) is 11.3 Å². The molecule has 2 atom stereocenters. The van der Waals surface area contributed by atoms with Crippen molar-refractivity contribution in [2.24, 2.45) is 0 Å². The molecule has 5 nitrogen and oxygen atoms in total. The lowest BCUT2D eigenvalue weighted by Crippen LogP contribution is -2.55. The predicted molar refractivity (Wildman–Crippen MR) is 101 cm³/mol. The van der Waals surface area contributed by atoms with Gasteiger partial charge in [-0.1, -0.05) is 12.8 Å². The molecule has 1 saturated carbocycles. The van der Waals surface area contributed by atoms with Crippen LogP contribution < -0.4 is 10.6 Å². The number of nitrogen functional groups attached to an aromatic ring is 1. The zero-order valence-electron chi connectivity index (χ0n) is 15.5. The Bertz CT molecular complexity index is 666. The minimum atomic E-state index is 0.303. The summed E-state index contributed by atoms with van der Waals surface area (Å²) in [6.45, 7) is 5.90. The molecule has 5 heteroatoms. The van der Waals surface area contributed by atoms with Crippen LogP contribution in [-0.4, -0.2) is 46.6 Å². The molecule has 2 unspecified atom stereocenters. The molecular weight excluding hydrogens is 310 g/mol. The fraction of sp³-hybridized carbons (Fsp3) is 0.800. The smallest absolute Gasteiger partial charge is 0.222 e. The van der Waals surface area contributed by atoms with Crippen LogP contribution in [0.4, 0.5) is 11.8 Å². The molecule has 3 heterocycles. The largest absolute Gasteiger partial charge is 0.368 e. The van der Waals surface area contributed by atoms with E-state index in [1.165, 1.54) is 75.0 Å². The van der Waals surface area contributed by atoms with E-state index in [1.807, 2.05) is 0 Å². The summed E-state index contributed by atoms with van der Waals surface area (Å²) in [5.74, 6) is 1.66. The van der Waals surface area contributed by atoms with Crippen molar-refractivity contribution in [1.29, 1.82) is 0 Å². The first-order chi connectivity index (χ1) is 12.2. The highest BCUT2D eigenvalue weighted by molar-refractivity contribution is 5.56. The standard InChI is InChI=1S/C20H31N5/c1-14-12-24-11-5-6-15(24)13-25(14)18-16-7-4-10-20(8-2-3-9-20)17(16)22-19(21)23-18/h14-15H,2-13H2,1H3,(H2,21,22,23). The van der Waals surface area contributed by atoms with Gasteiger partial charge in [0.05, 0.1) is 5.69 Å². The van der Waals surface area contributed by atoms with Gasteiger partial charge in [-0.3, -0.25) is 4.90 Å². The number of nitrogens with zero attached hydrogens (tertiary/aromatic N) is 4. The summed E-state index contributed by atoms with van der Waals surface area (Å²) < 4.78 is 0. The van der Waals surface area contributed by atoms with Crippen molar-refractivity contribution in [1.82, 2.24) is 14.9 Å². The average Bonchev–Trinajstić information content (AvgIpc) is 3.24. The van der Waals surface area contributed by atoms with Crippen LogP contribution in [0.5, 0.6) is 0 Å². The van der Waals surface area contributed by atoms with Crippen molar-refractivity contribution in [3.8, 4) is 0 Å². The van der Waals surface area contributed by atoms with Gasteiger partial charge in [-0.15, -0.1) is 0 Å². The monoisotopic (exact) mass is 341 g/mol. The molecule has 5 rings (SSSR count). The summed E-state index contributed by atoms with van der Waals surface area (Å²) in [5.41, 5.74) is 9.29. The van der Waals surface area contributed by atoms with Gasteiger partial charge in [0.1, 0.15) is 5.82 Å². The van der Waals surface area contributed by atoms with Crippen LogP contribution >= 0.6 is 0 Å². The third kappa shape index (κ3) is 2.46. The SMILES string of the molecule is CC1CN2CCCC2CN1c1nc(N)nc2c1CCCC21CCCC1. The number of aromatic nitrogens is 2. The first-order valence-electron chi connectivity index (χ1n) is 10.3. The normalized spacial score (nSPS) is 31.3. The molecule has 3 fully saturated rings. The quantitative estimate of drug-likeness (QED) is 0.851. The van der Waals surface area contributed by atoms with E-state index in [1.54, 1.807) is 0 Å². The molecule has 4 aliphatic rings. The fourth-order valence-corrected chi connectivity index (χ4v) is 6.14. The van der Waals surface area contributed by atoms with Crippen molar-refractivity contribution < 1.29 is 0 Å². The highest BCUT2D eigenvalue weighted by Gasteiger charge is 2.43. The zero-order chi connectivity index (χ0) is 17.0. The molecule has 0 aromatic carbocycles. The third-order valence-electron chi connectivity index (χ3n) is 7.36. The Kier molecular flexibility index (Phi) is 3.70. The van der Waals surface area contributed by atoms with Gasteiger partial charge in [0, 0.05) is 36.2 Å². The van der Waals surface area contributed by atoms with Crippen LogP contribution in [0, 0.1) is 0 Å². The van der Waals surface area contributed by atoms with Crippen LogP contribution in [0.15, 0.2) is 0 Å². The Morgan fingerprint density at radius 2 is 1.84 bits per heavy atom. The highest BCUT2D eigenvalue weighted by atomic mass is 15.3. The summed E-state index contributed by atoms with van der Waals surface area (Å²) in [4.78, 5) is 14.9. The van der Waals surface area contributed by atoms with Crippen molar-refractivity contribution in [2.45, 2.75) is 82.2 Å². The summed E-state index contributed by atoms with van der Waals surface area (Å²) in [5, 5.41) is 0. The maximum Gasteiger partial charge on any atom is 0.222 e. The van der Waals surface area contributed by atoms with E-state index in [2.05, 4.69) is 16.7 Å². The Morgan fingerprint density at radius 3 is 2.68 bits per heavy atom. The van der Waals surface area contributed by atoms with E-state index in [4.69, 9.17) is 15.7 Å². The van der Waals surface area contributed by atoms with Gasteiger partial charge in [0.2, 0.25) is 5.95 Å². The van der Waals surface area contributed by atoms with Crippen molar-refractivity contribution >= 4 is 11.8 Å². The number of hydrogen-bond donors (Lipinski definition) is 1. The predicted octanol–water partition coefficient (Wildman–Crippen LogP) is 2.88.